The average molecular weight is 637 g/mol. The molecule has 0 amide bonds. The third-order valence-electron chi connectivity index (χ3n) is 7.28. The van der Waals surface area contributed by atoms with E-state index >= 15 is 4.39 Å². The molecule has 10 nitrogen and oxygen atoms in total. The Morgan fingerprint density at radius 1 is 0.977 bits per heavy atom. The zero-order valence-electron chi connectivity index (χ0n) is 22.7. The Kier molecular flexibility index (Phi) is 8.83. The molecule has 1 atom stereocenters. The first-order valence-corrected chi connectivity index (χ1v) is 14.8. The maximum absolute atomic E-state index is 15.3. The van der Waals surface area contributed by atoms with Crippen molar-refractivity contribution in [1.29, 1.82) is 0 Å². The van der Waals surface area contributed by atoms with E-state index in [4.69, 9.17) is 4.74 Å². The zero-order chi connectivity index (χ0) is 29.4. The summed E-state index contributed by atoms with van der Waals surface area (Å²) in [6.45, 7) is 3.14. The van der Waals surface area contributed by atoms with Crippen LogP contribution in [0.15, 0.2) is 65.7 Å². The van der Waals surface area contributed by atoms with Gasteiger partial charge in [0.1, 0.15) is 18.2 Å². The molecule has 0 saturated carbocycles. The van der Waals surface area contributed by atoms with E-state index < -0.39 is 45.0 Å². The zero-order valence-corrected chi connectivity index (χ0v) is 24.3. The van der Waals surface area contributed by atoms with Crippen LogP contribution >= 0.6 is 12.4 Å². The van der Waals surface area contributed by atoms with Crippen LogP contribution in [0.5, 0.6) is 11.5 Å². The van der Waals surface area contributed by atoms with E-state index in [0.717, 1.165) is 48.3 Å². The first-order chi connectivity index (χ1) is 20.2. The lowest BCUT2D eigenvalue weighted by molar-refractivity contribution is 0.343. The summed E-state index contributed by atoms with van der Waals surface area (Å²) in [6, 6.07) is 13.5. The number of halogens is 4. The predicted octanol–water partition coefficient (Wildman–Crippen LogP) is 3.99. The highest BCUT2D eigenvalue weighted by atomic mass is 35.5. The number of aromatic nitrogens is 2. The van der Waals surface area contributed by atoms with Crippen molar-refractivity contribution in [3.63, 3.8) is 0 Å². The monoisotopic (exact) mass is 636 g/mol. The highest BCUT2D eigenvalue weighted by Crippen LogP contribution is 2.34. The number of anilines is 2. The van der Waals surface area contributed by atoms with E-state index in [9.17, 15) is 22.0 Å². The molecule has 0 spiro atoms. The molecule has 0 bridgehead atoms. The van der Waals surface area contributed by atoms with Crippen LogP contribution in [0.3, 0.4) is 0 Å². The molecule has 2 N–H and O–H groups in total. The number of alkyl halides is 1. The third kappa shape index (κ3) is 6.27. The number of benzene rings is 3. The van der Waals surface area contributed by atoms with Gasteiger partial charge in [-0.2, -0.15) is 12.7 Å². The Bertz CT molecular complexity index is 1800. The number of fused-ring (bicyclic) bond motifs is 1. The maximum atomic E-state index is 15.3. The average Bonchev–Trinajstić information content (AvgIpc) is 3.45. The lowest BCUT2D eigenvalue weighted by atomic mass is 10.2. The molecule has 1 unspecified atom stereocenters. The Labute approximate surface area is 251 Å². The van der Waals surface area contributed by atoms with E-state index in [1.165, 1.54) is 29.1 Å². The molecule has 0 radical (unpaired) electrons. The summed E-state index contributed by atoms with van der Waals surface area (Å²) in [7, 11) is -4.28. The van der Waals surface area contributed by atoms with Crippen LogP contribution in [0.4, 0.5) is 24.5 Å². The number of rotatable bonds is 7. The molecule has 2 aliphatic rings. The normalized spacial score (nSPS) is 17.6. The van der Waals surface area contributed by atoms with Gasteiger partial charge in [-0.25, -0.2) is 18.2 Å². The first-order valence-electron chi connectivity index (χ1n) is 13.3. The topological polar surface area (TPSA) is 109 Å². The fraction of sp³-hybridized carbons (Fsp3) is 0.286. The van der Waals surface area contributed by atoms with Gasteiger partial charge in [-0.05, 0) is 61.0 Å². The lowest BCUT2D eigenvalue weighted by Gasteiger charge is -2.29. The second-order valence-electron chi connectivity index (χ2n) is 10.0. The molecule has 6 rings (SSSR count). The van der Waals surface area contributed by atoms with Gasteiger partial charge in [0.2, 0.25) is 5.75 Å². The van der Waals surface area contributed by atoms with Crippen LogP contribution in [0.1, 0.15) is 6.42 Å². The molecule has 0 aliphatic carbocycles. The van der Waals surface area contributed by atoms with E-state index in [1.54, 1.807) is 0 Å². The van der Waals surface area contributed by atoms with Gasteiger partial charge in [-0.15, -0.1) is 12.4 Å². The summed E-state index contributed by atoms with van der Waals surface area (Å²) >= 11 is 0. The highest BCUT2D eigenvalue weighted by Gasteiger charge is 2.32. The fourth-order valence-electron chi connectivity index (χ4n) is 5.03. The summed E-state index contributed by atoms with van der Waals surface area (Å²) in [4.78, 5) is 20.0. The Balaban J connectivity index is 0.00000368. The second-order valence-corrected chi connectivity index (χ2v) is 11.7. The Morgan fingerprint density at radius 3 is 2.40 bits per heavy atom. The molecule has 1 aromatic heterocycles. The SMILES string of the molecule is Cl.O=c1c2cc(Oc3c(F)ccc(NS(=O)(=O)N4CCC(F)C4)c3F)ccc2ncn1-c1ccc(N2CCNCC2)cc1. The van der Waals surface area contributed by atoms with Crippen LogP contribution in [-0.2, 0) is 10.2 Å². The van der Waals surface area contributed by atoms with Crippen molar-refractivity contribution in [1.82, 2.24) is 19.2 Å². The molecular formula is C28H28ClF3N6O4S. The quantitative estimate of drug-likeness (QED) is 0.316. The minimum atomic E-state index is -4.28. The number of nitrogens with zero attached hydrogens (tertiary/aromatic N) is 4. The number of piperazine rings is 1. The number of ether oxygens (including phenoxy) is 1. The van der Waals surface area contributed by atoms with Crippen molar-refractivity contribution < 1.29 is 26.3 Å². The molecule has 43 heavy (non-hydrogen) atoms. The molecular weight excluding hydrogens is 609 g/mol. The molecule has 4 aromatic rings. The summed E-state index contributed by atoms with van der Waals surface area (Å²) in [6.07, 6.45) is 0.120. The highest BCUT2D eigenvalue weighted by molar-refractivity contribution is 7.90. The van der Waals surface area contributed by atoms with E-state index in [1.807, 2.05) is 29.0 Å². The van der Waals surface area contributed by atoms with Crippen molar-refractivity contribution in [2.45, 2.75) is 12.6 Å². The van der Waals surface area contributed by atoms with Crippen LogP contribution in [0, 0.1) is 11.6 Å². The van der Waals surface area contributed by atoms with Crippen LogP contribution in [-0.4, -0.2) is 67.7 Å². The Morgan fingerprint density at radius 2 is 1.70 bits per heavy atom. The van der Waals surface area contributed by atoms with E-state index in [-0.39, 0.29) is 43.1 Å². The molecule has 2 aliphatic heterocycles. The standard InChI is InChI=1S/C28H27F3N6O4S.ClH/c29-18-9-12-36(16-18)42(39,40)34-25-8-6-23(30)27(26(25)31)41-21-5-7-24-22(15-21)28(38)37(17-33-24)20-3-1-19(2-4-20)35-13-10-32-11-14-35;/h1-8,15,17-18,32,34H,9-14,16H2;1H. The van der Waals surface area contributed by atoms with E-state index in [2.05, 4.69) is 15.2 Å². The van der Waals surface area contributed by atoms with Crippen molar-refractivity contribution in [2.75, 3.05) is 48.9 Å². The van der Waals surface area contributed by atoms with E-state index in [0.29, 0.717) is 11.2 Å². The largest absolute Gasteiger partial charge is 0.451 e. The summed E-state index contributed by atoms with van der Waals surface area (Å²) < 4.78 is 78.4. The van der Waals surface area contributed by atoms with Crippen LogP contribution in [0.2, 0.25) is 0 Å². The minimum Gasteiger partial charge on any atom is -0.451 e. The summed E-state index contributed by atoms with van der Waals surface area (Å²) in [5, 5.41) is 3.45. The minimum absolute atomic E-state index is 0. The number of hydrogen-bond donors (Lipinski definition) is 2. The molecule has 2 fully saturated rings. The van der Waals surface area contributed by atoms with Gasteiger partial charge >= 0.3 is 10.2 Å². The molecule has 228 valence electrons. The Hall–Kier alpha value is -3.85. The van der Waals surface area contributed by atoms with Gasteiger partial charge in [0.15, 0.2) is 11.6 Å². The molecule has 3 aromatic carbocycles. The van der Waals surface area contributed by atoms with Crippen molar-refractivity contribution in [3.05, 3.63) is 82.9 Å². The van der Waals surface area contributed by atoms with Gasteiger partial charge in [0.05, 0.1) is 22.3 Å². The van der Waals surface area contributed by atoms with Crippen molar-refractivity contribution in [3.8, 4) is 17.2 Å². The summed E-state index contributed by atoms with van der Waals surface area (Å²) in [5.74, 6) is -3.32. The van der Waals surface area contributed by atoms with Crippen LogP contribution < -0.4 is 25.2 Å². The number of hydrogen-bond acceptors (Lipinski definition) is 7. The maximum Gasteiger partial charge on any atom is 0.301 e. The van der Waals surface area contributed by atoms with Gasteiger partial charge in [-0.3, -0.25) is 14.1 Å². The third-order valence-corrected chi connectivity index (χ3v) is 8.77. The molecule has 3 heterocycles. The van der Waals surface area contributed by atoms with Crippen molar-refractivity contribution in [2.24, 2.45) is 0 Å². The fourth-order valence-corrected chi connectivity index (χ4v) is 6.30. The molecule has 15 heteroatoms. The summed E-state index contributed by atoms with van der Waals surface area (Å²) in [5.41, 5.74) is 0.995. The van der Waals surface area contributed by atoms with Gasteiger partial charge in [0.25, 0.3) is 5.56 Å². The van der Waals surface area contributed by atoms with Gasteiger partial charge < -0.3 is 15.0 Å². The first kappa shape index (κ1) is 30.6. The van der Waals surface area contributed by atoms with Gasteiger partial charge in [-0.1, -0.05) is 0 Å². The van der Waals surface area contributed by atoms with Crippen molar-refractivity contribution >= 4 is 44.9 Å². The smallest absolute Gasteiger partial charge is 0.301 e. The van der Waals surface area contributed by atoms with Crippen LogP contribution in [0.25, 0.3) is 16.6 Å². The number of nitrogens with one attached hydrogen (secondary N) is 2. The molecule has 2 saturated heterocycles. The van der Waals surface area contributed by atoms with Gasteiger partial charge in [0, 0.05) is 45.0 Å². The lowest BCUT2D eigenvalue weighted by Crippen LogP contribution is -2.43. The predicted molar refractivity (Wildman–Crippen MR) is 160 cm³/mol. The second kappa shape index (κ2) is 12.4.